The number of aliphatic hydroxyl groups excluding tert-OH is 12. The van der Waals surface area contributed by atoms with Gasteiger partial charge in [-0.1, -0.05) is 20.8 Å². The van der Waals surface area contributed by atoms with Crippen LogP contribution < -0.4 is 0 Å². The maximum atomic E-state index is 11.5. The van der Waals surface area contributed by atoms with Crippen molar-refractivity contribution in [2.24, 2.45) is 46.3 Å². The van der Waals surface area contributed by atoms with E-state index in [1.165, 1.54) is 0 Å². The molecule has 8 rings (SSSR count). The lowest BCUT2D eigenvalue weighted by Crippen LogP contribution is -2.65. The third-order valence-corrected chi connectivity index (χ3v) is 17.4. The highest BCUT2D eigenvalue weighted by Gasteiger charge is 2.65. The molecule has 0 aromatic carbocycles. The van der Waals surface area contributed by atoms with Crippen LogP contribution in [-0.4, -0.2) is 198 Å². The van der Waals surface area contributed by atoms with Crippen LogP contribution in [0.1, 0.15) is 85.5 Å². The lowest BCUT2D eigenvalue weighted by molar-refractivity contribution is -0.373. The molecule has 4 heterocycles. The van der Waals surface area contributed by atoms with E-state index in [-0.39, 0.29) is 41.5 Å². The summed E-state index contributed by atoms with van der Waals surface area (Å²) in [4.78, 5) is 0. The van der Waals surface area contributed by atoms with Gasteiger partial charge in [0.15, 0.2) is 18.9 Å². The van der Waals surface area contributed by atoms with Crippen molar-refractivity contribution in [2.45, 2.75) is 196 Å². The molecule has 64 heavy (non-hydrogen) atoms. The van der Waals surface area contributed by atoms with Gasteiger partial charge in [0.05, 0.1) is 32.5 Å². The van der Waals surface area contributed by atoms with Gasteiger partial charge in [-0.05, 0) is 111 Å². The first-order valence-electron chi connectivity index (χ1n) is 23.6. The first-order chi connectivity index (χ1) is 30.4. The van der Waals surface area contributed by atoms with Gasteiger partial charge >= 0.3 is 0 Å². The lowest BCUT2D eigenvalue weighted by atomic mass is 9.44. The Labute approximate surface area is 373 Å². The van der Waals surface area contributed by atoms with Crippen LogP contribution >= 0.6 is 0 Å². The molecule has 12 N–H and O–H groups in total. The van der Waals surface area contributed by atoms with Crippen molar-refractivity contribution < 1.29 is 94.4 Å². The average molecular weight is 919 g/mol. The van der Waals surface area contributed by atoms with Crippen LogP contribution in [0.2, 0.25) is 0 Å². The zero-order chi connectivity index (χ0) is 46.2. The number of hydrogen-bond acceptors (Lipinski definition) is 19. The van der Waals surface area contributed by atoms with E-state index in [4.69, 9.17) is 33.2 Å². The summed E-state index contributed by atoms with van der Waals surface area (Å²) >= 11 is 0. The maximum absolute atomic E-state index is 11.5. The smallest absolute Gasteiger partial charge is 0.187 e. The Bertz CT molecular complexity index is 1620. The van der Waals surface area contributed by atoms with Crippen LogP contribution in [0, 0.1) is 46.3 Å². The molecule has 26 atom stereocenters. The van der Waals surface area contributed by atoms with Crippen LogP contribution in [0.3, 0.4) is 0 Å². The van der Waals surface area contributed by atoms with Gasteiger partial charge in [-0.25, -0.2) is 0 Å². The molecule has 3 saturated heterocycles. The van der Waals surface area contributed by atoms with Gasteiger partial charge in [0.25, 0.3) is 0 Å². The van der Waals surface area contributed by atoms with E-state index < -0.39 is 118 Å². The second kappa shape index (κ2) is 19.3. The van der Waals surface area contributed by atoms with Crippen LogP contribution in [-0.2, 0) is 33.2 Å². The normalized spacial score (nSPS) is 52.6. The summed E-state index contributed by atoms with van der Waals surface area (Å²) in [7, 11) is 0. The fourth-order valence-corrected chi connectivity index (χ4v) is 13.8. The fraction of sp³-hybridized carbons (Fsp3) is 0.956. The van der Waals surface area contributed by atoms with Gasteiger partial charge < -0.3 is 94.4 Å². The van der Waals surface area contributed by atoms with Crippen molar-refractivity contribution in [3.05, 3.63) is 11.3 Å². The zero-order valence-electron chi connectivity index (χ0n) is 37.3. The Morgan fingerprint density at radius 3 is 1.86 bits per heavy atom. The standard InChI is InChI=1S/C45H74O19/c1-18(17-58-41-37(56)34(53)31(50)27(14-46)61-41)11-25(49)39-19(2)30-26(60-39)13-24-22-6-5-20-12-21(7-9-44(20,3)23(22)8-10-45(24,30)4)59-43-40(36(55)33(52)29(16-48)63-43)64-42-38(57)35(54)32(51)28(15-47)62-42/h18,20-38,40-43,46-57H,5-17H2,1-4H3/t18-,20+,21-,22+,23-,24-,25-,26-,27+,28+,29+,30-,31+,32+,33-,34-,35-,36-,37+,38+,40+,41+,42-,43+,44-,45-/m0/s1. The van der Waals surface area contributed by atoms with E-state index in [1.54, 1.807) is 0 Å². The first-order valence-corrected chi connectivity index (χ1v) is 23.6. The second-order valence-corrected chi connectivity index (χ2v) is 21.0. The summed E-state index contributed by atoms with van der Waals surface area (Å²) in [6.07, 6.45) is -15.3. The minimum Gasteiger partial charge on any atom is -0.491 e. The zero-order valence-corrected chi connectivity index (χ0v) is 37.3. The van der Waals surface area contributed by atoms with Crippen LogP contribution in [0.15, 0.2) is 11.3 Å². The Kier molecular flexibility index (Phi) is 14.9. The van der Waals surface area contributed by atoms with Crippen molar-refractivity contribution in [2.75, 3.05) is 26.4 Å². The van der Waals surface area contributed by atoms with Gasteiger partial charge in [0.1, 0.15) is 91.2 Å². The Hall–Kier alpha value is -1.18. The molecule has 0 spiro atoms. The molecule has 0 unspecified atom stereocenters. The predicted octanol–water partition coefficient (Wildman–Crippen LogP) is -1.86. The van der Waals surface area contributed by atoms with E-state index in [2.05, 4.69) is 20.8 Å². The minimum absolute atomic E-state index is 0.00165. The quantitative estimate of drug-likeness (QED) is 0.0902. The molecule has 4 saturated carbocycles. The van der Waals surface area contributed by atoms with Crippen molar-refractivity contribution in [1.29, 1.82) is 0 Å². The van der Waals surface area contributed by atoms with Crippen molar-refractivity contribution >= 4 is 0 Å². The molecule has 0 amide bonds. The van der Waals surface area contributed by atoms with E-state index in [0.29, 0.717) is 42.3 Å². The molecule has 19 nitrogen and oxygen atoms in total. The summed E-state index contributed by atoms with van der Waals surface area (Å²) in [6, 6.07) is 0. The van der Waals surface area contributed by atoms with Gasteiger partial charge in [-0.3, -0.25) is 0 Å². The van der Waals surface area contributed by atoms with Crippen LogP contribution in [0.25, 0.3) is 0 Å². The molecule has 4 aliphatic carbocycles. The molecule has 0 radical (unpaired) electrons. The minimum atomic E-state index is -1.75. The Morgan fingerprint density at radius 1 is 0.641 bits per heavy atom. The van der Waals surface area contributed by atoms with E-state index in [9.17, 15) is 61.3 Å². The predicted molar refractivity (Wildman–Crippen MR) is 219 cm³/mol. The van der Waals surface area contributed by atoms with Gasteiger partial charge in [-0.2, -0.15) is 0 Å². The molecule has 7 fully saturated rings. The van der Waals surface area contributed by atoms with E-state index in [1.807, 2.05) is 6.92 Å². The maximum Gasteiger partial charge on any atom is 0.187 e. The number of ether oxygens (including phenoxy) is 7. The van der Waals surface area contributed by atoms with Crippen molar-refractivity contribution in [3.63, 3.8) is 0 Å². The van der Waals surface area contributed by atoms with Crippen molar-refractivity contribution in [3.8, 4) is 0 Å². The summed E-state index contributed by atoms with van der Waals surface area (Å²) in [5.41, 5.74) is 1.15. The Balaban J connectivity index is 0.884. The molecule has 368 valence electrons. The molecule has 19 heteroatoms. The summed E-state index contributed by atoms with van der Waals surface area (Å²) in [6.45, 7) is 7.10. The topological polar surface area (TPSA) is 307 Å². The third-order valence-electron chi connectivity index (χ3n) is 17.4. The fourth-order valence-electron chi connectivity index (χ4n) is 13.8. The molecule has 8 aliphatic rings. The largest absolute Gasteiger partial charge is 0.491 e. The molecular weight excluding hydrogens is 844 g/mol. The van der Waals surface area contributed by atoms with Gasteiger partial charge in [0, 0.05) is 5.92 Å². The monoisotopic (exact) mass is 918 g/mol. The first kappa shape index (κ1) is 49.2. The van der Waals surface area contributed by atoms with E-state index >= 15 is 0 Å². The number of rotatable bonds is 13. The Morgan fingerprint density at radius 2 is 1.22 bits per heavy atom. The molecule has 0 aromatic heterocycles. The SMILES string of the molecule is CC1=C([C@@H](O)C[C@H](C)CO[C@@H]2O[C@H](CO)[C@@H](O)[C@H](O)[C@H]2O)O[C@H]2C[C@H]3[C@@H]4CC[C@@H]5C[C@@H](O[C@@H]6O[C@H](CO)[C@H](O)[C@H](O)[C@H]6O[C@@H]6O[C@H](CO)[C@@H](O)[C@H](O)[C@H]6O)CC[C@]5(C)[C@H]4CC[C@]3(C)[C@@H]12. The highest BCUT2D eigenvalue weighted by Crippen LogP contribution is 2.70. The van der Waals surface area contributed by atoms with Crippen molar-refractivity contribution in [1.82, 2.24) is 0 Å². The van der Waals surface area contributed by atoms with E-state index in [0.717, 1.165) is 50.5 Å². The third kappa shape index (κ3) is 8.63. The second-order valence-electron chi connectivity index (χ2n) is 21.0. The highest BCUT2D eigenvalue weighted by molar-refractivity contribution is 5.28. The number of aliphatic hydroxyl groups is 12. The molecule has 0 bridgehead atoms. The highest BCUT2D eigenvalue weighted by atomic mass is 16.8. The molecular formula is C45H74O19. The van der Waals surface area contributed by atoms with Crippen LogP contribution in [0.5, 0.6) is 0 Å². The van der Waals surface area contributed by atoms with Crippen LogP contribution in [0.4, 0.5) is 0 Å². The summed E-state index contributed by atoms with van der Waals surface area (Å²) < 4.78 is 41.9. The molecule has 0 aromatic rings. The average Bonchev–Trinajstić information content (AvgIpc) is 3.78. The number of hydrogen-bond donors (Lipinski definition) is 12. The number of fused-ring (bicyclic) bond motifs is 7. The molecule has 4 aliphatic heterocycles. The summed E-state index contributed by atoms with van der Waals surface area (Å²) in [5.74, 6) is 2.41. The van der Waals surface area contributed by atoms with Gasteiger partial charge in [0.2, 0.25) is 0 Å². The van der Waals surface area contributed by atoms with Gasteiger partial charge in [-0.15, -0.1) is 0 Å². The summed E-state index contributed by atoms with van der Waals surface area (Å²) in [5, 5.41) is 125. The lowest BCUT2D eigenvalue weighted by Gasteiger charge is -2.61.